The van der Waals surface area contributed by atoms with Gasteiger partial charge in [0.25, 0.3) is 0 Å². The third-order valence-corrected chi connectivity index (χ3v) is 2.47. The van der Waals surface area contributed by atoms with Crippen LogP contribution in [0.1, 0.15) is 27.6 Å². The molecule has 5 heteroatoms. The SMILES string of the molecule is CC=CC(COC(=O)c1ccccc1C(=O)O)OC. The summed E-state index contributed by atoms with van der Waals surface area (Å²) in [7, 11) is 1.50. The highest BCUT2D eigenvalue weighted by molar-refractivity contribution is 6.02. The number of hydrogen-bond acceptors (Lipinski definition) is 4. The molecule has 1 aromatic carbocycles. The van der Waals surface area contributed by atoms with Crippen molar-refractivity contribution in [2.45, 2.75) is 13.0 Å². The van der Waals surface area contributed by atoms with Gasteiger partial charge in [-0.25, -0.2) is 9.59 Å². The first kappa shape index (κ1) is 14.9. The van der Waals surface area contributed by atoms with Crippen LogP contribution < -0.4 is 0 Å². The molecular formula is C14H16O5. The largest absolute Gasteiger partial charge is 0.478 e. The second kappa shape index (κ2) is 7.33. The van der Waals surface area contributed by atoms with E-state index in [0.29, 0.717) is 0 Å². The quantitative estimate of drug-likeness (QED) is 0.629. The van der Waals surface area contributed by atoms with Crippen LogP contribution in [0.25, 0.3) is 0 Å². The molecule has 0 saturated carbocycles. The van der Waals surface area contributed by atoms with Gasteiger partial charge < -0.3 is 14.6 Å². The van der Waals surface area contributed by atoms with Gasteiger partial charge in [-0.05, 0) is 19.1 Å². The molecule has 0 fully saturated rings. The maximum Gasteiger partial charge on any atom is 0.339 e. The first-order valence-electron chi connectivity index (χ1n) is 5.75. The Kier molecular flexibility index (Phi) is 5.75. The Hall–Kier alpha value is -2.14. The fourth-order valence-electron chi connectivity index (χ4n) is 1.50. The van der Waals surface area contributed by atoms with E-state index in [9.17, 15) is 9.59 Å². The van der Waals surface area contributed by atoms with Gasteiger partial charge in [0.2, 0.25) is 0 Å². The summed E-state index contributed by atoms with van der Waals surface area (Å²) in [5.74, 6) is -1.84. The third-order valence-electron chi connectivity index (χ3n) is 2.47. The van der Waals surface area contributed by atoms with Gasteiger partial charge in [0.05, 0.1) is 11.1 Å². The molecular weight excluding hydrogens is 248 g/mol. The molecule has 0 aliphatic carbocycles. The predicted molar refractivity (Wildman–Crippen MR) is 69.3 cm³/mol. The first-order valence-corrected chi connectivity index (χ1v) is 5.75. The molecule has 1 N–H and O–H groups in total. The molecule has 1 unspecified atom stereocenters. The zero-order chi connectivity index (χ0) is 14.3. The molecule has 0 aromatic heterocycles. The molecule has 0 bridgehead atoms. The summed E-state index contributed by atoms with van der Waals surface area (Å²) in [6.45, 7) is 1.86. The van der Waals surface area contributed by atoms with E-state index in [0.717, 1.165) is 0 Å². The monoisotopic (exact) mass is 264 g/mol. The Labute approximate surface area is 111 Å². The lowest BCUT2D eigenvalue weighted by Gasteiger charge is -2.12. The molecule has 0 radical (unpaired) electrons. The number of esters is 1. The molecule has 0 amide bonds. The highest BCUT2D eigenvalue weighted by Crippen LogP contribution is 2.11. The third kappa shape index (κ3) is 4.22. The van der Waals surface area contributed by atoms with Gasteiger partial charge in [-0.2, -0.15) is 0 Å². The highest BCUT2D eigenvalue weighted by atomic mass is 16.6. The standard InChI is InChI=1S/C14H16O5/c1-3-6-10(18-2)9-19-14(17)12-8-5-4-7-11(12)13(15)16/h3-8,10H,9H2,1-2H3,(H,15,16). The summed E-state index contributed by atoms with van der Waals surface area (Å²) in [5.41, 5.74) is -0.0437. The Bertz CT molecular complexity index is 478. The molecule has 5 nitrogen and oxygen atoms in total. The summed E-state index contributed by atoms with van der Waals surface area (Å²) in [6, 6.07) is 5.92. The maximum atomic E-state index is 11.8. The molecule has 19 heavy (non-hydrogen) atoms. The van der Waals surface area contributed by atoms with Crippen molar-refractivity contribution in [2.24, 2.45) is 0 Å². The van der Waals surface area contributed by atoms with E-state index in [2.05, 4.69) is 0 Å². The van der Waals surface area contributed by atoms with Crippen LogP contribution in [0.4, 0.5) is 0 Å². The fourth-order valence-corrected chi connectivity index (χ4v) is 1.50. The maximum absolute atomic E-state index is 11.8. The van der Waals surface area contributed by atoms with Gasteiger partial charge in [0.1, 0.15) is 12.7 Å². The highest BCUT2D eigenvalue weighted by Gasteiger charge is 2.17. The minimum atomic E-state index is -1.16. The lowest BCUT2D eigenvalue weighted by molar-refractivity contribution is 0.0242. The van der Waals surface area contributed by atoms with E-state index in [1.165, 1.54) is 19.2 Å². The van der Waals surface area contributed by atoms with Crippen LogP contribution in [0, 0.1) is 0 Å². The van der Waals surface area contributed by atoms with Crippen LogP contribution in [-0.4, -0.2) is 36.9 Å². The Morgan fingerprint density at radius 1 is 1.32 bits per heavy atom. The van der Waals surface area contributed by atoms with Gasteiger partial charge in [0.15, 0.2) is 0 Å². The van der Waals surface area contributed by atoms with Crippen molar-refractivity contribution in [1.29, 1.82) is 0 Å². The number of benzene rings is 1. The molecule has 1 aromatic rings. The molecule has 0 spiro atoms. The minimum Gasteiger partial charge on any atom is -0.478 e. The van der Waals surface area contributed by atoms with E-state index in [-0.39, 0.29) is 23.8 Å². The summed E-state index contributed by atoms with van der Waals surface area (Å²) >= 11 is 0. The Balaban J connectivity index is 2.76. The van der Waals surface area contributed by atoms with Crippen molar-refractivity contribution in [2.75, 3.05) is 13.7 Å². The molecule has 1 atom stereocenters. The molecule has 0 aliphatic rings. The van der Waals surface area contributed by atoms with E-state index >= 15 is 0 Å². The van der Waals surface area contributed by atoms with Gasteiger partial charge in [-0.1, -0.05) is 24.3 Å². The van der Waals surface area contributed by atoms with Gasteiger partial charge in [-0.3, -0.25) is 0 Å². The van der Waals surface area contributed by atoms with Crippen LogP contribution >= 0.6 is 0 Å². The van der Waals surface area contributed by atoms with Crippen molar-refractivity contribution in [3.05, 3.63) is 47.5 Å². The molecule has 0 heterocycles. The number of methoxy groups -OCH3 is 1. The van der Waals surface area contributed by atoms with Crippen molar-refractivity contribution in [3.8, 4) is 0 Å². The topological polar surface area (TPSA) is 72.8 Å². The number of ether oxygens (including phenoxy) is 2. The number of aromatic carboxylic acids is 1. The van der Waals surface area contributed by atoms with E-state index in [4.69, 9.17) is 14.6 Å². The van der Waals surface area contributed by atoms with Crippen LogP contribution in [0.5, 0.6) is 0 Å². The summed E-state index contributed by atoms with van der Waals surface area (Å²) < 4.78 is 10.1. The number of hydrogen-bond donors (Lipinski definition) is 1. The number of rotatable bonds is 6. The lowest BCUT2D eigenvalue weighted by atomic mass is 10.1. The average Bonchev–Trinajstić information content (AvgIpc) is 2.43. The second-order valence-corrected chi connectivity index (χ2v) is 3.75. The summed E-state index contributed by atoms with van der Waals surface area (Å²) in [5, 5.41) is 8.98. The number of carboxylic acid groups (broad SMARTS) is 1. The van der Waals surface area contributed by atoms with Crippen molar-refractivity contribution < 1.29 is 24.2 Å². The minimum absolute atomic E-state index is 0.0327. The summed E-state index contributed by atoms with van der Waals surface area (Å²) in [6.07, 6.45) is 3.19. The predicted octanol–water partition coefficient (Wildman–Crippen LogP) is 2.13. The summed E-state index contributed by atoms with van der Waals surface area (Å²) in [4.78, 5) is 22.8. The van der Waals surface area contributed by atoms with Crippen molar-refractivity contribution in [1.82, 2.24) is 0 Å². The first-order chi connectivity index (χ1) is 9.10. The van der Waals surface area contributed by atoms with Crippen molar-refractivity contribution in [3.63, 3.8) is 0 Å². The van der Waals surface area contributed by atoms with Crippen LogP contribution in [0.2, 0.25) is 0 Å². The lowest BCUT2D eigenvalue weighted by Crippen LogP contribution is -2.20. The van der Waals surface area contributed by atoms with Crippen LogP contribution in [0.3, 0.4) is 0 Å². The van der Waals surface area contributed by atoms with E-state index < -0.39 is 11.9 Å². The zero-order valence-corrected chi connectivity index (χ0v) is 10.8. The number of carbonyl (C=O) groups is 2. The van der Waals surface area contributed by atoms with E-state index in [1.54, 1.807) is 24.3 Å². The van der Waals surface area contributed by atoms with Gasteiger partial charge in [0, 0.05) is 7.11 Å². The fraction of sp³-hybridized carbons (Fsp3) is 0.286. The average molecular weight is 264 g/mol. The van der Waals surface area contributed by atoms with Gasteiger partial charge >= 0.3 is 11.9 Å². The molecule has 1 rings (SSSR count). The number of carboxylic acids is 1. The second-order valence-electron chi connectivity index (χ2n) is 3.75. The molecule has 0 saturated heterocycles. The van der Waals surface area contributed by atoms with Crippen molar-refractivity contribution >= 4 is 11.9 Å². The zero-order valence-electron chi connectivity index (χ0n) is 10.8. The van der Waals surface area contributed by atoms with Crippen LogP contribution in [0.15, 0.2) is 36.4 Å². The number of allylic oxidation sites excluding steroid dienone is 1. The smallest absolute Gasteiger partial charge is 0.339 e. The molecule has 0 aliphatic heterocycles. The van der Waals surface area contributed by atoms with Crippen LogP contribution in [-0.2, 0) is 9.47 Å². The Morgan fingerprint density at radius 2 is 1.95 bits per heavy atom. The van der Waals surface area contributed by atoms with Gasteiger partial charge in [-0.15, -0.1) is 0 Å². The normalized spacial score (nSPS) is 12.3. The van der Waals surface area contributed by atoms with E-state index in [1.807, 2.05) is 6.92 Å². The number of carbonyl (C=O) groups excluding carboxylic acids is 1. The Morgan fingerprint density at radius 3 is 2.47 bits per heavy atom. The molecule has 102 valence electrons.